The fourth-order valence-electron chi connectivity index (χ4n) is 3.36. The van der Waals surface area contributed by atoms with Gasteiger partial charge in [-0.15, -0.1) is 0 Å². The van der Waals surface area contributed by atoms with Gasteiger partial charge in [0.2, 0.25) is 23.7 Å². The summed E-state index contributed by atoms with van der Waals surface area (Å²) in [5.74, 6) is 1.99. The van der Waals surface area contributed by atoms with Crippen LogP contribution in [0.1, 0.15) is 17.7 Å². The summed E-state index contributed by atoms with van der Waals surface area (Å²) in [4.78, 5) is 39.0. The van der Waals surface area contributed by atoms with E-state index < -0.39 is 0 Å². The number of carbonyl (C=O) groups excluding carboxylic acids is 2. The lowest BCUT2D eigenvalue weighted by atomic mass is 10.2. The number of anilines is 2. The zero-order valence-electron chi connectivity index (χ0n) is 21.5. The molecule has 38 heavy (non-hydrogen) atoms. The second-order valence-electron chi connectivity index (χ2n) is 8.70. The van der Waals surface area contributed by atoms with Crippen LogP contribution in [0.2, 0.25) is 0 Å². The van der Waals surface area contributed by atoms with Gasteiger partial charge in [-0.3, -0.25) is 14.3 Å². The van der Waals surface area contributed by atoms with Gasteiger partial charge in [0.05, 0.1) is 30.2 Å². The van der Waals surface area contributed by atoms with E-state index in [2.05, 4.69) is 30.7 Å². The average molecular weight is 519 g/mol. The van der Waals surface area contributed by atoms with Crippen LogP contribution in [0.5, 0.6) is 5.75 Å². The number of aromatic nitrogens is 5. The van der Waals surface area contributed by atoms with Gasteiger partial charge in [0, 0.05) is 38.6 Å². The Morgan fingerprint density at radius 1 is 1.05 bits per heavy atom. The number of nitrogens with zero attached hydrogens (tertiary/aromatic N) is 6. The predicted molar refractivity (Wildman–Crippen MR) is 141 cm³/mol. The van der Waals surface area contributed by atoms with Crippen LogP contribution in [0, 0.1) is 13.8 Å². The first-order valence-corrected chi connectivity index (χ1v) is 12.1. The smallest absolute Gasteiger partial charge is 0.244 e. The van der Waals surface area contributed by atoms with E-state index in [9.17, 15) is 9.59 Å². The number of amides is 2. The van der Waals surface area contributed by atoms with Crippen LogP contribution in [0.3, 0.4) is 0 Å². The van der Waals surface area contributed by atoms with Crippen LogP contribution in [-0.2, 0) is 16.1 Å². The molecule has 0 aliphatic rings. The van der Waals surface area contributed by atoms with E-state index in [0.29, 0.717) is 48.5 Å². The second kappa shape index (κ2) is 12.5. The first kappa shape index (κ1) is 26.3. The van der Waals surface area contributed by atoms with Crippen molar-refractivity contribution in [2.45, 2.75) is 26.8 Å². The highest BCUT2D eigenvalue weighted by molar-refractivity contribution is 5.90. The van der Waals surface area contributed by atoms with E-state index in [1.807, 2.05) is 38.1 Å². The van der Waals surface area contributed by atoms with Crippen molar-refractivity contribution >= 4 is 23.5 Å². The molecule has 4 rings (SSSR count). The fourth-order valence-corrected chi connectivity index (χ4v) is 3.36. The van der Waals surface area contributed by atoms with Crippen LogP contribution >= 0.6 is 0 Å². The van der Waals surface area contributed by atoms with Crippen LogP contribution in [0.15, 0.2) is 59.7 Å². The molecule has 198 valence electrons. The number of benzene rings is 1. The maximum absolute atomic E-state index is 12.5. The minimum absolute atomic E-state index is 0.0545. The first-order chi connectivity index (χ1) is 18.4. The Hall–Kier alpha value is -4.74. The van der Waals surface area contributed by atoms with E-state index >= 15 is 0 Å². The molecule has 0 aliphatic carbocycles. The number of hydrogen-bond acceptors (Lipinski definition) is 9. The van der Waals surface area contributed by atoms with E-state index in [1.54, 1.807) is 36.7 Å². The number of likely N-dealkylation sites (N-methyl/N-ethyl adjacent to an activating group) is 1. The maximum atomic E-state index is 12.5. The highest BCUT2D eigenvalue weighted by Gasteiger charge is 2.12. The number of aryl methyl sites for hydroxylation is 2. The summed E-state index contributed by atoms with van der Waals surface area (Å²) in [5, 5.41) is 9.94. The van der Waals surface area contributed by atoms with Crippen LogP contribution in [0.4, 0.5) is 11.6 Å². The zero-order valence-corrected chi connectivity index (χ0v) is 21.5. The highest BCUT2D eigenvalue weighted by atomic mass is 16.5. The summed E-state index contributed by atoms with van der Waals surface area (Å²) in [5.41, 5.74) is 2.33. The van der Waals surface area contributed by atoms with E-state index in [4.69, 9.17) is 9.15 Å². The Balaban J connectivity index is 1.15. The van der Waals surface area contributed by atoms with Gasteiger partial charge in [-0.1, -0.05) is 17.7 Å². The molecule has 0 unspecified atom stereocenters. The molecule has 1 aromatic carbocycles. The number of ether oxygens (including phenoxy) is 1. The van der Waals surface area contributed by atoms with E-state index in [-0.39, 0.29) is 24.8 Å². The Bertz CT molecular complexity index is 1350. The summed E-state index contributed by atoms with van der Waals surface area (Å²) in [6, 6.07) is 7.76. The average Bonchev–Trinajstić information content (AvgIpc) is 3.54. The van der Waals surface area contributed by atoms with Gasteiger partial charge >= 0.3 is 0 Å². The molecular weight excluding hydrogens is 488 g/mol. The summed E-state index contributed by atoms with van der Waals surface area (Å²) < 4.78 is 12.6. The lowest BCUT2D eigenvalue weighted by Crippen LogP contribution is -2.33. The van der Waals surface area contributed by atoms with Gasteiger partial charge in [-0.25, -0.2) is 15.0 Å². The molecule has 0 radical (unpaired) electrons. The molecule has 0 saturated carbocycles. The van der Waals surface area contributed by atoms with Gasteiger partial charge in [0.25, 0.3) is 0 Å². The molecule has 12 heteroatoms. The summed E-state index contributed by atoms with van der Waals surface area (Å²) >= 11 is 0. The minimum atomic E-state index is -0.208. The van der Waals surface area contributed by atoms with Crippen LogP contribution in [0.25, 0.3) is 11.5 Å². The van der Waals surface area contributed by atoms with Gasteiger partial charge in [0.1, 0.15) is 24.7 Å². The van der Waals surface area contributed by atoms with Crippen molar-refractivity contribution in [3.8, 4) is 17.2 Å². The number of hydrogen-bond donors (Lipinski definition) is 2. The molecule has 0 aliphatic heterocycles. The number of rotatable bonds is 12. The Morgan fingerprint density at radius 2 is 1.82 bits per heavy atom. The standard InChI is InChI=1S/C26H30N8O4/c1-18-4-6-22(7-5-18)37-11-10-33(3)24(36)17-34-16-21(15-31-34)32-23(35)8-9-27-26-29-13-20(14-30-26)25-28-12-19(2)38-25/h4-7,12-16H,8-11,17H2,1-3H3,(H,32,35)(H,27,29,30). The Morgan fingerprint density at radius 3 is 2.53 bits per heavy atom. The van der Waals surface area contributed by atoms with Crippen molar-refractivity contribution in [1.82, 2.24) is 29.6 Å². The molecule has 0 bridgehead atoms. The van der Waals surface area contributed by atoms with E-state index in [1.165, 1.54) is 10.9 Å². The molecule has 3 heterocycles. The van der Waals surface area contributed by atoms with Crippen LogP contribution < -0.4 is 15.4 Å². The quantitative estimate of drug-likeness (QED) is 0.290. The molecule has 12 nitrogen and oxygen atoms in total. The third-order valence-electron chi connectivity index (χ3n) is 5.51. The lowest BCUT2D eigenvalue weighted by molar-refractivity contribution is -0.131. The van der Waals surface area contributed by atoms with Crippen LogP contribution in [-0.4, -0.2) is 68.2 Å². The monoisotopic (exact) mass is 518 g/mol. The lowest BCUT2D eigenvalue weighted by Gasteiger charge is -2.17. The zero-order chi connectivity index (χ0) is 26.9. The summed E-state index contributed by atoms with van der Waals surface area (Å²) in [7, 11) is 1.71. The topological polar surface area (TPSA) is 140 Å². The second-order valence-corrected chi connectivity index (χ2v) is 8.70. The molecule has 2 N–H and O–H groups in total. The first-order valence-electron chi connectivity index (χ1n) is 12.1. The highest BCUT2D eigenvalue weighted by Crippen LogP contribution is 2.17. The molecule has 0 atom stereocenters. The molecule has 0 spiro atoms. The molecule has 4 aromatic rings. The number of oxazole rings is 1. The van der Waals surface area contributed by atoms with Gasteiger partial charge in [-0.2, -0.15) is 5.10 Å². The third-order valence-corrected chi connectivity index (χ3v) is 5.51. The largest absolute Gasteiger partial charge is 0.492 e. The number of carbonyl (C=O) groups is 2. The van der Waals surface area contributed by atoms with E-state index in [0.717, 1.165) is 11.3 Å². The van der Waals surface area contributed by atoms with Crippen molar-refractivity contribution in [2.24, 2.45) is 0 Å². The summed E-state index contributed by atoms with van der Waals surface area (Å²) in [6.45, 7) is 5.04. The summed E-state index contributed by atoms with van der Waals surface area (Å²) in [6.07, 6.45) is 8.15. The third kappa shape index (κ3) is 7.63. The SMILES string of the molecule is Cc1ccc(OCCN(C)C(=O)Cn2cc(NC(=O)CCNc3ncc(-c4ncc(C)o4)cn3)cn2)cc1. The molecule has 3 aromatic heterocycles. The van der Waals surface area contributed by atoms with Gasteiger partial charge in [-0.05, 0) is 26.0 Å². The Labute approximate surface area is 220 Å². The fraction of sp³-hybridized carbons (Fsp3) is 0.308. The maximum Gasteiger partial charge on any atom is 0.244 e. The predicted octanol–water partition coefficient (Wildman–Crippen LogP) is 2.92. The van der Waals surface area contributed by atoms with Crippen molar-refractivity contribution in [3.05, 3.63) is 66.6 Å². The Kier molecular flexibility index (Phi) is 8.65. The molecule has 0 fully saturated rings. The van der Waals surface area contributed by atoms with Crippen molar-refractivity contribution in [2.75, 3.05) is 37.4 Å². The van der Waals surface area contributed by atoms with Gasteiger partial charge in [0.15, 0.2) is 0 Å². The van der Waals surface area contributed by atoms with Crippen molar-refractivity contribution < 1.29 is 18.7 Å². The minimum Gasteiger partial charge on any atom is -0.492 e. The molecular formula is C26H30N8O4. The number of nitrogens with one attached hydrogen (secondary N) is 2. The molecule has 2 amide bonds. The normalized spacial score (nSPS) is 10.7. The molecule has 0 saturated heterocycles. The van der Waals surface area contributed by atoms with Crippen molar-refractivity contribution in [3.63, 3.8) is 0 Å². The van der Waals surface area contributed by atoms with Crippen molar-refractivity contribution in [1.29, 1.82) is 0 Å². The van der Waals surface area contributed by atoms with Gasteiger partial charge < -0.3 is 24.7 Å².